The summed E-state index contributed by atoms with van der Waals surface area (Å²) in [7, 11) is 4.08. The lowest BCUT2D eigenvalue weighted by Gasteiger charge is -2.29. The first-order valence-electron chi connectivity index (χ1n) is 6.13. The Balaban J connectivity index is 2.64. The zero-order valence-electron chi connectivity index (χ0n) is 11.5. The minimum Gasteiger partial charge on any atom is -0.478 e. The van der Waals surface area contributed by atoms with Crippen LogP contribution in [0.15, 0.2) is 16.7 Å². The van der Waals surface area contributed by atoms with E-state index in [1.165, 1.54) is 6.26 Å². The van der Waals surface area contributed by atoms with Gasteiger partial charge in [-0.05, 0) is 33.6 Å². The summed E-state index contributed by atoms with van der Waals surface area (Å²) < 4.78 is 5.28. The molecule has 1 unspecified atom stereocenters. The molecule has 5 nitrogen and oxygen atoms in total. The van der Waals surface area contributed by atoms with Crippen LogP contribution < -0.4 is 0 Å². The van der Waals surface area contributed by atoms with Gasteiger partial charge in [0.25, 0.3) is 0 Å². The Morgan fingerprint density at radius 1 is 1.50 bits per heavy atom. The summed E-state index contributed by atoms with van der Waals surface area (Å²) in [6.45, 7) is 6.75. The first-order valence-corrected chi connectivity index (χ1v) is 6.13. The number of furan rings is 1. The van der Waals surface area contributed by atoms with Gasteiger partial charge in [0, 0.05) is 12.6 Å². The van der Waals surface area contributed by atoms with Crippen molar-refractivity contribution in [3.05, 3.63) is 23.7 Å². The third-order valence-corrected chi connectivity index (χ3v) is 2.92. The van der Waals surface area contributed by atoms with Crippen molar-refractivity contribution in [2.45, 2.75) is 26.4 Å². The monoisotopic (exact) mass is 254 g/mol. The van der Waals surface area contributed by atoms with Crippen molar-refractivity contribution in [2.75, 3.05) is 27.2 Å². The topological polar surface area (TPSA) is 56.9 Å². The maximum Gasteiger partial charge on any atom is 0.338 e. The van der Waals surface area contributed by atoms with Gasteiger partial charge in [-0.25, -0.2) is 4.79 Å². The molecule has 18 heavy (non-hydrogen) atoms. The Morgan fingerprint density at radius 2 is 2.17 bits per heavy atom. The summed E-state index contributed by atoms with van der Waals surface area (Å²) >= 11 is 0. The third kappa shape index (κ3) is 4.16. The van der Waals surface area contributed by atoms with Crippen molar-refractivity contribution < 1.29 is 14.3 Å². The molecule has 0 saturated carbocycles. The fourth-order valence-corrected chi connectivity index (χ4v) is 2.00. The third-order valence-electron chi connectivity index (χ3n) is 2.92. The largest absolute Gasteiger partial charge is 0.478 e. The number of likely N-dealkylation sites (N-methyl/N-ethyl adjacent to an activating group) is 2. The molecule has 0 spiro atoms. The summed E-state index contributed by atoms with van der Waals surface area (Å²) in [5.74, 6) is -0.255. The Kier molecular flexibility index (Phi) is 5.37. The molecule has 1 heterocycles. The van der Waals surface area contributed by atoms with E-state index in [1.54, 1.807) is 6.07 Å². The van der Waals surface area contributed by atoms with Gasteiger partial charge in [0.1, 0.15) is 12.0 Å². The minimum absolute atomic E-state index is 0.210. The van der Waals surface area contributed by atoms with E-state index in [0.29, 0.717) is 18.3 Å². The summed E-state index contributed by atoms with van der Waals surface area (Å²) in [6, 6.07) is 1.98. The molecule has 0 fully saturated rings. The molecule has 0 aliphatic heterocycles. The van der Waals surface area contributed by atoms with Gasteiger partial charge < -0.3 is 14.4 Å². The van der Waals surface area contributed by atoms with Gasteiger partial charge in [-0.1, -0.05) is 6.92 Å². The van der Waals surface area contributed by atoms with E-state index >= 15 is 0 Å². The average molecular weight is 254 g/mol. The number of carboxylic acids is 1. The maximum atomic E-state index is 10.8. The zero-order chi connectivity index (χ0) is 13.7. The van der Waals surface area contributed by atoms with E-state index in [1.807, 2.05) is 14.1 Å². The van der Waals surface area contributed by atoms with E-state index in [4.69, 9.17) is 9.52 Å². The second kappa shape index (κ2) is 6.56. The lowest BCUT2D eigenvalue weighted by Crippen LogP contribution is -2.39. The molecule has 1 aromatic heterocycles. The predicted octanol–water partition coefficient (Wildman–Crippen LogP) is 1.75. The maximum absolute atomic E-state index is 10.8. The van der Waals surface area contributed by atoms with Crippen LogP contribution >= 0.6 is 0 Å². The highest BCUT2D eigenvalue weighted by Gasteiger charge is 2.16. The number of nitrogens with zero attached hydrogens (tertiary/aromatic N) is 2. The molecule has 1 atom stereocenters. The van der Waals surface area contributed by atoms with Crippen molar-refractivity contribution in [3.63, 3.8) is 0 Å². The summed E-state index contributed by atoms with van der Waals surface area (Å²) in [4.78, 5) is 15.2. The number of hydrogen-bond donors (Lipinski definition) is 1. The van der Waals surface area contributed by atoms with Crippen molar-refractivity contribution in [1.29, 1.82) is 0 Å². The van der Waals surface area contributed by atoms with Crippen LogP contribution in [0.1, 0.15) is 30.0 Å². The molecule has 0 saturated heterocycles. The summed E-state index contributed by atoms with van der Waals surface area (Å²) in [6.07, 6.45) is 1.29. The van der Waals surface area contributed by atoms with Gasteiger partial charge >= 0.3 is 5.97 Å². The molecule has 1 N–H and O–H groups in total. The van der Waals surface area contributed by atoms with E-state index in [9.17, 15) is 4.79 Å². The Bertz CT molecular complexity index is 387. The highest BCUT2D eigenvalue weighted by molar-refractivity contribution is 5.87. The van der Waals surface area contributed by atoms with Crippen LogP contribution in [0.5, 0.6) is 0 Å². The van der Waals surface area contributed by atoms with Crippen molar-refractivity contribution in [2.24, 2.45) is 0 Å². The van der Waals surface area contributed by atoms with Gasteiger partial charge in [0.15, 0.2) is 0 Å². The first kappa shape index (κ1) is 14.7. The van der Waals surface area contributed by atoms with E-state index in [2.05, 4.69) is 23.6 Å². The Hall–Kier alpha value is -1.33. The van der Waals surface area contributed by atoms with Crippen LogP contribution in [0.3, 0.4) is 0 Å². The Labute approximate surface area is 108 Å². The van der Waals surface area contributed by atoms with E-state index in [-0.39, 0.29) is 5.56 Å². The van der Waals surface area contributed by atoms with E-state index < -0.39 is 5.97 Å². The zero-order valence-corrected chi connectivity index (χ0v) is 11.5. The number of aromatic carboxylic acids is 1. The standard InChI is InChI=1S/C13H22N2O3/c1-5-15(10(2)7-14(3)4)8-12-6-11(9-18-12)13(16)17/h6,9-10H,5,7-8H2,1-4H3,(H,16,17). The van der Waals surface area contributed by atoms with Gasteiger partial charge in [-0.3, -0.25) is 4.90 Å². The molecule has 0 aliphatic rings. The van der Waals surface area contributed by atoms with Gasteiger partial charge in [0.2, 0.25) is 0 Å². The lowest BCUT2D eigenvalue weighted by atomic mass is 10.2. The molecule has 102 valence electrons. The van der Waals surface area contributed by atoms with Crippen LogP contribution in [-0.2, 0) is 6.54 Å². The number of carboxylic acid groups (broad SMARTS) is 1. The molecule has 0 aliphatic carbocycles. The smallest absolute Gasteiger partial charge is 0.338 e. The molecule has 1 rings (SSSR count). The molecular formula is C13H22N2O3. The predicted molar refractivity (Wildman–Crippen MR) is 69.8 cm³/mol. The number of carbonyl (C=O) groups is 1. The summed E-state index contributed by atoms with van der Waals surface area (Å²) in [5.41, 5.74) is 0.210. The second-order valence-corrected chi connectivity index (χ2v) is 4.78. The van der Waals surface area contributed by atoms with Crippen molar-refractivity contribution in [1.82, 2.24) is 9.80 Å². The van der Waals surface area contributed by atoms with Crippen LogP contribution in [0.2, 0.25) is 0 Å². The number of hydrogen-bond acceptors (Lipinski definition) is 4. The fraction of sp³-hybridized carbons (Fsp3) is 0.615. The summed E-state index contributed by atoms with van der Waals surface area (Å²) in [5, 5.41) is 8.84. The number of rotatable bonds is 7. The highest BCUT2D eigenvalue weighted by Crippen LogP contribution is 2.12. The van der Waals surface area contributed by atoms with Crippen LogP contribution in [-0.4, -0.2) is 54.1 Å². The quantitative estimate of drug-likeness (QED) is 0.803. The normalized spacial score (nSPS) is 13.2. The Morgan fingerprint density at radius 3 is 2.61 bits per heavy atom. The molecule has 0 bridgehead atoms. The van der Waals surface area contributed by atoms with Gasteiger partial charge in [-0.15, -0.1) is 0 Å². The molecule has 0 amide bonds. The molecule has 5 heteroatoms. The van der Waals surface area contributed by atoms with Crippen molar-refractivity contribution >= 4 is 5.97 Å². The minimum atomic E-state index is -0.950. The molecule has 0 radical (unpaired) electrons. The van der Waals surface area contributed by atoms with Crippen molar-refractivity contribution in [3.8, 4) is 0 Å². The average Bonchev–Trinajstić information content (AvgIpc) is 2.73. The first-order chi connectivity index (χ1) is 8.43. The van der Waals surface area contributed by atoms with Crippen LogP contribution in [0, 0.1) is 0 Å². The SMILES string of the molecule is CCN(Cc1cc(C(=O)O)co1)C(C)CN(C)C. The van der Waals surface area contributed by atoms with Crippen LogP contribution in [0.4, 0.5) is 0 Å². The molecule has 1 aromatic rings. The fourth-order valence-electron chi connectivity index (χ4n) is 2.00. The molecular weight excluding hydrogens is 232 g/mol. The van der Waals surface area contributed by atoms with Crippen LogP contribution in [0.25, 0.3) is 0 Å². The second-order valence-electron chi connectivity index (χ2n) is 4.78. The molecule has 0 aromatic carbocycles. The highest BCUT2D eigenvalue weighted by atomic mass is 16.4. The van der Waals surface area contributed by atoms with E-state index in [0.717, 1.165) is 13.1 Å². The lowest BCUT2D eigenvalue weighted by molar-refractivity contribution is 0.0696. The van der Waals surface area contributed by atoms with Gasteiger partial charge in [0.05, 0.1) is 12.1 Å². The van der Waals surface area contributed by atoms with Gasteiger partial charge in [-0.2, -0.15) is 0 Å².